The van der Waals surface area contributed by atoms with E-state index in [1.54, 1.807) is 0 Å². The molecule has 0 atom stereocenters. The second-order valence-corrected chi connectivity index (χ2v) is 5.24. The minimum absolute atomic E-state index is 0.0535. The molecule has 0 radical (unpaired) electrons. The Labute approximate surface area is 130 Å². The van der Waals surface area contributed by atoms with Crippen molar-refractivity contribution in [3.8, 4) is 0 Å². The highest BCUT2D eigenvalue weighted by Gasteiger charge is 2.05. The molecular formula is C19H18N2O. The van der Waals surface area contributed by atoms with Gasteiger partial charge in [-0.1, -0.05) is 54.6 Å². The maximum Gasteiger partial charge on any atom is 0.243 e. The minimum Gasteiger partial charge on any atom is -0.376 e. The van der Waals surface area contributed by atoms with Gasteiger partial charge in [-0.3, -0.25) is 4.79 Å². The second-order valence-electron chi connectivity index (χ2n) is 5.24. The summed E-state index contributed by atoms with van der Waals surface area (Å²) in [4.78, 5) is 12.1. The van der Waals surface area contributed by atoms with Crippen LogP contribution in [0.5, 0.6) is 0 Å². The van der Waals surface area contributed by atoms with Crippen LogP contribution in [0.4, 0.5) is 11.4 Å². The van der Waals surface area contributed by atoms with Gasteiger partial charge in [-0.25, -0.2) is 0 Å². The molecule has 0 spiro atoms. The van der Waals surface area contributed by atoms with Crippen LogP contribution in [0, 0.1) is 6.92 Å². The Hall–Kier alpha value is -2.81. The SMILES string of the molecule is Cc1ccccc1NC(=O)CNc1cccc2ccccc12. The van der Waals surface area contributed by atoms with Gasteiger partial charge in [0.15, 0.2) is 0 Å². The van der Waals surface area contributed by atoms with Crippen LogP contribution in [0.15, 0.2) is 66.7 Å². The van der Waals surface area contributed by atoms with Crippen LogP contribution in [0.2, 0.25) is 0 Å². The van der Waals surface area contributed by atoms with Gasteiger partial charge in [0, 0.05) is 16.8 Å². The predicted molar refractivity (Wildman–Crippen MR) is 92.2 cm³/mol. The van der Waals surface area contributed by atoms with Crippen LogP contribution in [0.1, 0.15) is 5.56 Å². The van der Waals surface area contributed by atoms with Crippen LogP contribution in [-0.4, -0.2) is 12.5 Å². The number of carbonyl (C=O) groups excluding carboxylic acids is 1. The summed E-state index contributed by atoms with van der Waals surface area (Å²) >= 11 is 0. The van der Waals surface area contributed by atoms with Crippen molar-refractivity contribution in [1.82, 2.24) is 0 Å². The summed E-state index contributed by atoms with van der Waals surface area (Å²) < 4.78 is 0. The van der Waals surface area contributed by atoms with Crippen molar-refractivity contribution in [3.63, 3.8) is 0 Å². The quantitative estimate of drug-likeness (QED) is 0.756. The van der Waals surface area contributed by atoms with Gasteiger partial charge < -0.3 is 10.6 Å². The van der Waals surface area contributed by atoms with E-state index in [1.165, 1.54) is 0 Å². The van der Waals surface area contributed by atoms with Crippen LogP contribution in [-0.2, 0) is 4.79 Å². The van der Waals surface area contributed by atoms with E-state index >= 15 is 0 Å². The minimum atomic E-state index is -0.0535. The average molecular weight is 290 g/mol. The van der Waals surface area contributed by atoms with Gasteiger partial charge >= 0.3 is 0 Å². The third-order valence-electron chi connectivity index (χ3n) is 3.65. The summed E-state index contributed by atoms with van der Waals surface area (Å²) in [6.45, 7) is 2.22. The normalized spacial score (nSPS) is 10.4. The number of hydrogen-bond acceptors (Lipinski definition) is 2. The third-order valence-corrected chi connectivity index (χ3v) is 3.65. The van der Waals surface area contributed by atoms with Crippen molar-refractivity contribution in [2.24, 2.45) is 0 Å². The first-order valence-electron chi connectivity index (χ1n) is 7.31. The summed E-state index contributed by atoms with van der Waals surface area (Å²) in [5.74, 6) is -0.0535. The molecule has 22 heavy (non-hydrogen) atoms. The number of hydrogen-bond donors (Lipinski definition) is 2. The van der Waals surface area contributed by atoms with Gasteiger partial charge in [-0.15, -0.1) is 0 Å². The van der Waals surface area contributed by atoms with Crippen molar-refractivity contribution in [2.45, 2.75) is 6.92 Å². The summed E-state index contributed by atoms with van der Waals surface area (Å²) in [7, 11) is 0. The van der Waals surface area contributed by atoms with Crippen LogP contribution >= 0.6 is 0 Å². The van der Waals surface area contributed by atoms with Gasteiger partial charge in [0.05, 0.1) is 6.54 Å². The lowest BCUT2D eigenvalue weighted by Crippen LogP contribution is -2.22. The first-order valence-corrected chi connectivity index (χ1v) is 7.31. The average Bonchev–Trinajstić information content (AvgIpc) is 2.55. The van der Waals surface area contributed by atoms with E-state index in [0.29, 0.717) is 0 Å². The number of anilines is 2. The van der Waals surface area contributed by atoms with Gasteiger partial charge in [-0.2, -0.15) is 0 Å². The molecule has 0 unspecified atom stereocenters. The molecule has 110 valence electrons. The Morgan fingerprint density at radius 1 is 0.864 bits per heavy atom. The predicted octanol–water partition coefficient (Wildman–Crippen LogP) is 4.20. The zero-order valence-corrected chi connectivity index (χ0v) is 12.5. The van der Waals surface area contributed by atoms with Gasteiger partial charge in [0.2, 0.25) is 5.91 Å². The van der Waals surface area contributed by atoms with E-state index in [4.69, 9.17) is 0 Å². The number of rotatable bonds is 4. The molecule has 0 bridgehead atoms. The maximum atomic E-state index is 12.1. The van der Waals surface area contributed by atoms with Crippen LogP contribution < -0.4 is 10.6 Å². The van der Waals surface area contributed by atoms with E-state index in [-0.39, 0.29) is 12.5 Å². The van der Waals surface area contributed by atoms with Gasteiger partial charge in [0.25, 0.3) is 0 Å². The highest BCUT2D eigenvalue weighted by Crippen LogP contribution is 2.22. The zero-order chi connectivity index (χ0) is 15.4. The largest absolute Gasteiger partial charge is 0.376 e. The van der Waals surface area contributed by atoms with Crippen LogP contribution in [0.3, 0.4) is 0 Å². The number of nitrogens with one attached hydrogen (secondary N) is 2. The summed E-state index contributed by atoms with van der Waals surface area (Å²) in [6, 6.07) is 21.9. The Balaban J connectivity index is 1.69. The number of aryl methyl sites for hydroxylation is 1. The molecule has 0 aromatic heterocycles. The number of fused-ring (bicyclic) bond motifs is 1. The molecule has 0 saturated carbocycles. The molecular weight excluding hydrogens is 272 g/mol. The monoisotopic (exact) mass is 290 g/mol. The number of carbonyl (C=O) groups is 1. The van der Waals surface area contributed by atoms with Crippen molar-refractivity contribution >= 4 is 28.1 Å². The Bertz CT molecular complexity index is 806. The van der Waals surface area contributed by atoms with Gasteiger partial charge in [-0.05, 0) is 30.0 Å². The molecule has 0 aliphatic heterocycles. The number of benzene rings is 3. The van der Waals surface area contributed by atoms with Gasteiger partial charge in [0.1, 0.15) is 0 Å². The van der Waals surface area contributed by atoms with E-state index in [1.807, 2.05) is 55.5 Å². The molecule has 0 fully saturated rings. The van der Waals surface area contributed by atoms with E-state index in [2.05, 4.69) is 28.8 Å². The summed E-state index contributed by atoms with van der Waals surface area (Å²) in [6.07, 6.45) is 0. The molecule has 3 nitrogen and oxygen atoms in total. The molecule has 1 amide bonds. The van der Waals surface area contributed by atoms with Crippen molar-refractivity contribution in [1.29, 1.82) is 0 Å². The fourth-order valence-corrected chi connectivity index (χ4v) is 2.46. The molecule has 0 aliphatic rings. The molecule has 2 N–H and O–H groups in total. The topological polar surface area (TPSA) is 41.1 Å². The van der Waals surface area contributed by atoms with Crippen LogP contribution in [0.25, 0.3) is 10.8 Å². The van der Waals surface area contributed by atoms with Crippen molar-refractivity contribution < 1.29 is 4.79 Å². The maximum absolute atomic E-state index is 12.1. The standard InChI is InChI=1S/C19H18N2O/c1-14-7-2-5-11-17(14)21-19(22)13-20-18-12-6-9-15-8-3-4-10-16(15)18/h2-12,20H,13H2,1H3,(H,21,22). The van der Waals surface area contributed by atoms with Crippen molar-refractivity contribution in [2.75, 3.05) is 17.2 Å². The lowest BCUT2D eigenvalue weighted by atomic mass is 10.1. The molecule has 0 saturated heterocycles. The molecule has 3 aromatic rings. The Kier molecular flexibility index (Phi) is 4.05. The first-order chi connectivity index (χ1) is 10.7. The highest BCUT2D eigenvalue weighted by molar-refractivity contribution is 5.98. The Morgan fingerprint density at radius 3 is 2.41 bits per heavy atom. The molecule has 0 heterocycles. The van der Waals surface area contributed by atoms with E-state index in [9.17, 15) is 4.79 Å². The third kappa shape index (κ3) is 3.09. The number of amides is 1. The fourth-order valence-electron chi connectivity index (χ4n) is 2.46. The fraction of sp³-hybridized carbons (Fsp3) is 0.105. The number of para-hydroxylation sites is 1. The lowest BCUT2D eigenvalue weighted by molar-refractivity contribution is -0.114. The summed E-state index contributed by atoms with van der Waals surface area (Å²) in [5.41, 5.74) is 2.88. The molecule has 3 heteroatoms. The molecule has 0 aliphatic carbocycles. The van der Waals surface area contributed by atoms with E-state index < -0.39 is 0 Å². The second kappa shape index (κ2) is 6.31. The summed E-state index contributed by atoms with van der Waals surface area (Å²) in [5, 5.41) is 8.42. The molecule has 3 aromatic carbocycles. The lowest BCUT2D eigenvalue weighted by Gasteiger charge is -2.11. The molecule has 3 rings (SSSR count). The first kappa shape index (κ1) is 14.1. The van der Waals surface area contributed by atoms with Crippen molar-refractivity contribution in [3.05, 3.63) is 72.3 Å². The highest BCUT2D eigenvalue weighted by atomic mass is 16.1. The van der Waals surface area contributed by atoms with E-state index in [0.717, 1.165) is 27.7 Å². The zero-order valence-electron chi connectivity index (χ0n) is 12.5. The smallest absolute Gasteiger partial charge is 0.243 e. The Morgan fingerprint density at radius 2 is 1.55 bits per heavy atom.